The third-order valence-electron chi connectivity index (χ3n) is 1.92. The lowest BCUT2D eigenvalue weighted by molar-refractivity contribution is 0.480. The first-order chi connectivity index (χ1) is 6.85. The Labute approximate surface area is 86.7 Å². The van der Waals surface area contributed by atoms with Crippen molar-refractivity contribution in [1.29, 1.82) is 5.26 Å². The number of rotatable bonds is 2. The van der Waals surface area contributed by atoms with Crippen molar-refractivity contribution < 1.29 is 17.4 Å². The molecule has 0 atom stereocenters. The predicted molar refractivity (Wildman–Crippen MR) is 51.1 cm³/mol. The molecule has 0 aliphatic heterocycles. The van der Waals surface area contributed by atoms with E-state index in [0.29, 0.717) is 0 Å². The second-order valence-corrected chi connectivity index (χ2v) is 4.50. The van der Waals surface area contributed by atoms with E-state index >= 15 is 0 Å². The summed E-state index contributed by atoms with van der Waals surface area (Å²) in [4.78, 5) is 0. The Kier molecular flexibility index (Phi) is 3.07. The summed E-state index contributed by atoms with van der Waals surface area (Å²) in [6.45, 7) is 1.38. The predicted octanol–water partition coefficient (Wildman–Crippen LogP) is 1.39. The molecule has 0 spiro atoms. The van der Waals surface area contributed by atoms with Gasteiger partial charge in [0, 0.05) is 11.1 Å². The lowest BCUT2D eigenvalue weighted by Crippen LogP contribution is -2.05. The van der Waals surface area contributed by atoms with Gasteiger partial charge in [-0.15, -0.1) is 0 Å². The first-order valence-electron chi connectivity index (χ1n) is 3.98. The number of nitriles is 1. The highest BCUT2D eigenvalue weighted by Gasteiger charge is 2.14. The van der Waals surface area contributed by atoms with E-state index in [2.05, 4.69) is 0 Å². The molecule has 1 rings (SSSR count). The zero-order valence-electron chi connectivity index (χ0n) is 7.86. The van der Waals surface area contributed by atoms with Crippen LogP contribution in [0.5, 0.6) is 0 Å². The normalized spacial score (nSPS) is 11.1. The summed E-state index contributed by atoms with van der Waals surface area (Å²) in [7, 11) is -4.26. The molecule has 15 heavy (non-hydrogen) atoms. The molecule has 0 radical (unpaired) electrons. The zero-order chi connectivity index (χ0) is 11.6. The largest absolute Gasteiger partial charge is 0.285 e. The average Bonchev–Trinajstić information content (AvgIpc) is 2.11. The lowest BCUT2D eigenvalue weighted by Gasteiger charge is -2.04. The number of benzene rings is 1. The van der Waals surface area contributed by atoms with Crippen LogP contribution < -0.4 is 0 Å². The molecule has 0 amide bonds. The third-order valence-corrected chi connectivity index (χ3v) is 2.60. The molecule has 0 saturated carbocycles. The quantitative estimate of drug-likeness (QED) is 0.777. The molecule has 0 bridgehead atoms. The van der Waals surface area contributed by atoms with Gasteiger partial charge in [-0.3, -0.25) is 4.55 Å². The second-order valence-electron chi connectivity index (χ2n) is 3.05. The Hall–Kier alpha value is -1.45. The fourth-order valence-electron chi connectivity index (χ4n) is 1.17. The van der Waals surface area contributed by atoms with Gasteiger partial charge in [0.1, 0.15) is 11.6 Å². The Morgan fingerprint density at radius 3 is 2.60 bits per heavy atom. The van der Waals surface area contributed by atoms with Gasteiger partial charge in [-0.25, -0.2) is 4.39 Å². The average molecular weight is 229 g/mol. The van der Waals surface area contributed by atoms with Gasteiger partial charge in [-0.2, -0.15) is 13.7 Å². The minimum absolute atomic E-state index is 0.0821. The van der Waals surface area contributed by atoms with Gasteiger partial charge in [0.15, 0.2) is 0 Å². The van der Waals surface area contributed by atoms with Gasteiger partial charge < -0.3 is 0 Å². The maximum atomic E-state index is 13.5. The van der Waals surface area contributed by atoms with Crippen molar-refractivity contribution in [1.82, 2.24) is 0 Å². The van der Waals surface area contributed by atoms with Gasteiger partial charge in [-0.1, -0.05) is 6.07 Å². The number of halogens is 1. The number of nitrogens with zero attached hydrogens (tertiary/aromatic N) is 1. The molecule has 0 aromatic heterocycles. The number of hydrogen-bond donors (Lipinski definition) is 1. The van der Waals surface area contributed by atoms with Crippen molar-refractivity contribution in [2.45, 2.75) is 12.7 Å². The van der Waals surface area contributed by atoms with Crippen molar-refractivity contribution in [2.75, 3.05) is 0 Å². The highest BCUT2D eigenvalue weighted by molar-refractivity contribution is 7.85. The second kappa shape index (κ2) is 3.96. The van der Waals surface area contributed by atoms with Crippen molar-refractivity contribution in [2.24, 2.45) is 0 Å². The zero-order valence-corrected chi connectivity index (χ0v) is 8.68. The summed E-state index contributed by atoms with van der Waals surface area (Å²) < 4.78 is 43.1. The Morgan fingerprint density at radius 1 is 1.53 bits per heavy atom. The minimum Gasteiger partial charge on any atom is -0.285 e. The van der Waals surface area contributed by atoms with E-state index < -0.39 is 21.7 Å². The van der Waals surface area contributed by atoms with E-state index in [1.54, 1.807) is 6.07 Å². The van der Waals surface area contributed by atoms with Crippen molar-refractivity contribution in [3.8, 4) is 6.07 Å². The molecule has 0 heterocycles. The van der Waals surface area contributed by atoms with Crippen LogP contribution in [0.25, 0.3) is 0 Å². The van der Waals surface area contributed by atoms with E-state index in [1.807, 2.05) is 0 Å². The Bertz CT molecular complexity index is 531. The topological polar surface area (TPSA) is 78.2 Å². The van der Waals surface area contributed by atoms with Crippen molar-refractivity contribution >= 4 is 10.1 Å². The van der Waals surface area contributed by atoms with E-state index in [9.17, 15) is 12.8 Å². The standard InChI is InChI=1S/C9H8FNO3S/c1-6-7(4-11)2-3-8(9(6)10)5-15(12,13)14/h2-3H,5H2,1H3,(H,12,13,14). The van der Waals surface area contributed by atoms with Gasteiger partial charge in [0.25, 0.3) is 10.1 Å². The maximum Gasteiger partial charge on any atom is 0.269 e. The summed E-state index contributed by atoms with van der Waals surface area (Å²) >= 11 is 0. The monoisotopic (exact) mass is 229 g/mol. The van der Waals surface area contributed by atoms with Crippen LogP contribution in [-0.2, 0) is 15.9 Å². The van der Waals surface area contributed by atoms with Crippen LogP contribution >= 0.6 is 0 Å². The Morgan fingerprint density at radius 2 is 2.13 bits per heavy atom. The van der Waals surface area contributed by atoms with E-state index in [0.717, 1.165) is 0 Å². The van der Waals surface area contributed by atoms with Crippen LogP contribution in [0, 0.1) is 24.1 Å². The van der Waals surface area contributed by atoms with Crippen LogP contribution in [0.3, 0.4) is 0 Å². The molecule has 6 heteroatoms. The van der Waals surface area contributed by atoms with Gasteiger partial charge in [0.2, 0.25) is 0 Å². The highest BCUT2D eigenvalue weighted by Crippen LogP contribution is 2.18. The minimum atomic E-state index is -4.26. The molecule has 1 N–H and O–H groups in total. The first-order valence-corrected chi connectivity index (χ1v) is 5.59. The SMILES string of the molecule is Cc1c(C#N)ccc(CS(=O)(=O)O)c1F. The summed E-state index contributed by atoms with van der Waals surface area (Å²) in [6, 6.07) is 4.27. The van der Waals surface area contributed by atoms with E-state index in [4.69, 9.17) is 9.81 Å². The first kappa shape index (κ1) is 11.6. The number of hydrogen-bond acceptors (Lipinski definition) is 3. The molecule has 0 saturated heterocycles. The molecule has 1 aromatic rings. The fourth-order valence-corrected chi connectivity index (χ4v) is 1.79. The van der Waals surface area contributed by atoms with Crippen LogP contribution in [0.15, 0.2) is 12.1 Å². The molecule has 4 nitrogen and oxygen atoms in total. The fraction of sp³-hybridized carbons (Fsp3) is 0.222. The van der Waals surface area contributed by atoms with Gasteiger partial charge >= 0.3 is 0 Å². The van der Waals surface area contributed by atoms with Gasteiger partial charge in [0.05, 0.1) is 11.6 Å². The van der Waals surface area contributed by atoms with Crippen LogP contribution in [0.1, 0.15) is 16.7 Å². The van der Waals surface area contributed by atoms with Crippen LogP contribution in [0.2, 0.25) is 0 Å². The molecule has 0 unspecified atom stereocenters. The summed E-state index contributed by atoms with van der Waals surface area (Å²) in [6.07, 6.45) is 0. The molecule has 1 aromatic carbocycles. The maximum absolute atomic E-state index is 13.5. The van der Waals surface area contributed by atoms with E-state index in [1.165, 1.54) is 19.1 Å². The van der Waals surface area contributed by atoms with Crippen molar-refractivity contribution in [3.63, 3.8) is 0 Å². The highest BCUT2D eigenvalue weighted by atomic mass is 32.2. The molecule has 0 fully saturated rings. The molecule has 0 aliphatic carbocycles. The molecule has 0 aliphatic rings. The summed E-state index contributed by atoms with van der Waals surface area (Å²) in [5.41, 5.74) is 0.0826. The third kappa shape index (κ3) is 2.75. The van der Waals surface area contributed by atoms with Crippen LogP contribution in [0.4, 0.5) is 4.39 Å². The summed E-state index contributed by atoms with van der Waals surface area (Å²) in [5.74, 6) is -1.56. The molecular formula is C9H8FNO3S. The Balaban J connectivity index is 3.26. The lowest BCUT2D eigenvalue weighted by atomic mass is 10.1. The smallest absolute Gasteiger partial charge is 0.269 e. The molecular weight excluding hydrogens is 221 g/mol. The van der Waals surface area contributed by atoms with E-state index in [-0.39, 0.29) is 16.7 Å². The summed E-state index contributed by atoms with van der Waals surface area (Å²) in [5, 5.41) is 8.58. The molecule has 80 valence electrons. The van der Waals surface area contributed by atoms with Crippen molar-refractivity contribution in [3.05, 3.63) is 34.6 Å². The van der Waals surface area contributed by atoms with Crippen LogP contribution in [-0.4, -0.2) is 13.0 Å². The van der Waals surface area contributed by atoms with Gasteiger partial charge in [-0.05, 0) is 13.0 Å².